The lowest BCUT2D eigenvalue weighted by molar-refractivity contribution is 0.173. The zero-order chi connectivity index (χ0) is 14.0. The summed E-state index contributed by atoms with van der Waals surface area (Å²) in [5, 5.41) is 10.1. The summed E-state index contributed by atoms with van der Waals surface area (Å²) in [7, 11) is 0. The van der Waals surface area contributed by atoms with Crippen LogP contribution in [0, 0.1) is 12.3 Å². The van der Waals surface area contributed by atoms with E-state index < -0.39 is 0 Å². The number of rotatable bonds is 2. The van der Waals surface area contributed by atoms with Crippen molar-refractivity contribution in [3.8, 4) is 5.75 Å². The van der Waals surface area contributed by atoms with Crippen molar-refractivity contribution < 1.29 is 5.11 Å². The molecule has 0 heterocycles. The van der Waals surface area contributed by atoms with Gasteiger partial charge in [-0.25, -0.2) is 0 Å². The monoisotopic (exact) mass is 271 g/mol. The predicted octanol–water partition coefficient (Wildman–Crippen LogP) is 4.62. The first-order valence-corrected chi connectivity index (χ1v) is 8.03. The van der Waals surface area contributed by atoms with E-state index in [2.05, 4.69) is 0 Å². The van der Waals surface area contributed by atoms with Gasteiger partial charge in [0.2, 0.25) is 0 Å². The third-order valence-electron chi connectivity index (χ3n) is 5.37. The molecule has 2 fully saturated rings. The molecule has 3 rings (SSSR count). The Morgan fingerprint density at radius 1 is 1.15 bits per heavy atom. The van der Waals surface area contributed by atoms with Crippen molar-refractivity contribution in [2.45, 2.75) is 64.3 Å². The minimum absolute atomic E-state index is 0.381. The van der Waals surface area contributed by atoms with Crippen LogP contribution in [0.25, 0.3) is 0 Å². The number of aliphatic imine (C=N–C) groups is 1. The Labute approximate surface area is 121 Å². The molecule has 1 N–H and O–H groups in total. The topological polar surface area (TPSA) is 32.6 Å². The van der Waals surface area contributed by atoms with Crippen molar-refractivity contribution in [3.63, 3.8) is 0 Å². The Hall–Kier alpha value is -1.31. The maximum absolute atomic E-state index is 10.1. The highest BCUT2D eigenvalue weighted by atomic mass is 16.3. The van der Waals surface area contributed by atoms with Crippen LogP contribution in [0.2, 0.25) is 0 Å². The lowest BCUT2D eigenvalue weighted by Crippen LogP contribution is -2.31. The van der Waals surface area contributed by atoms with Crippen LogP contribution in [-0.2, 0) is 0 Å². The highest BCUT2D eigenvalue weighted by Gasteiger charge is 2.42. The number of aromatic hydroxyl groups is 1. The van der Waals surface area contributed by atoms with E-state index in [4.69, 9.17) is 4.99 Å². The first kappa shape index (κ1) is 13.7. The minimum atomic E-state index is 0.381. The first-order valence-electron chi connectivity index (χ1n) is 8.03. The van der Waals surface area contributed by atoms with Gasteiger partial charge in [-0.2, -0.15) is 0 Å². The van der Waals surface area contributed by atoms with Crippen LogP contribution < -0.4 is 0 Å². The minimum Gasteiger partial charge on any atom is -0.507 e. The summed E-state index contributed by atoms with van der Waals surface area (Å²) in [5.74, 6) is 0.381. The third kappa shape index (κ3) is 2.48. The standard InChI is InChI=1S/C18H25NO/c1-14-7-5-8-15(17(14)20)13-19-16-9-6-12-18(16)10-3-2-4-11-18/h5,7-8,13,16,20H,2-4,6,9-12H2,1H3. The number of aryl methyl sites for hydroxylation is 1. The highest BCUT2D eigenvalue weighted by molar-refractivity contribution is 5.84. The van der Waals surface area contributed by atoms with Crippen LogP contribution in [0.5, 0.6) is 5.75 Å². The van der Waals surface area contributed by atoms with Crippen molar-refractivity contribution in [3.05, 3.63) is 29.3 Å². The van der Waals surface area contributed by atoms with Crippen LogP contribution in [0.4, 0.5) is 0 Å². The average Bonchev–Trinajstić information content (AvgIpc) is 2.84. The molecule has 0 aromatic heterocycles. The van der Waals surface area contributed by atoms with E-state index in [0.29, 0.717) is 17.2 Å². The molecule has 20 heavy (non-hydrogen) atoms. The third-order valence-corrected chi connectivity index (χ3v) is 5.37. The number of phenols is 1. The molecular weight excluding hydrogens is 246 g/mol. The van der Waals surface area contributed by atoms with Crippen LogP contribution in [0.1, 0.15) is 62.5 Å². The summed E-state index contributed by atoms with van der Waals surface area (Å²) in [4.78, 5) is 4.89. The Morgan fingerprint density at radius 3 is 2.70 bits per heavy atom. The van der Waals surface area contributed by atoms with E-state index in [9.17, 15) is 5.11 Å². The number of nitrogens with zero attached hydrogens (tertiary/aromatic N) is 1. The quantitative estimate of drug-likeness (QED) is 0.782. The van der Waals surface area contributed by atoms with Gasteiger partial charge >= 0.3 is 0 Å². The largest absolute Gasteiger partial charge is 0.507 e. The molecule has 2 nitrogen and oxygen atoms in total. The summed E-state index contributed by atoms with van der Waals surface area (Å²) < 4.78 is 0. The summed E-state index contributed by atoms with van der Waals surface area (Å²) in [6, 6.07) is 6.35. The van der Waals surface area contributed by atoms with Crippen molar-refractivity contribution in [1.82, 2.24) is 0 Å². The lowest BCUT2D eigenvalue weighted by atomic mass is 9.70. The van der Waals surface area contributed by atoms with E-state index in [-0.39, 0.29) is 0 Å². The normalized spacial score (nSPS) is 25.6. The van der Waals surface area contributed by atoms with Gasteiger partial charge in [0.1, 0.15) is 5.75 Å². The molecule has 108 valence electrons. The van der Waals surface area contributed by atoms with Crippen LogP contribution >= 0.6 is 0 Å². The molecule has 0 bridgehead atoms. The van der Waals surface area contributed by atoms with Gasteiger partial charge in [0.05, 0.1) is 6.04 Å². The van der Waals surface area contributed by atoms with Gasteiger partial charge in [0.25, 0.3) is 0 Å². The Balaban J connectivity index is 1.79. The molecule has 1 unspecified atom stereocenters. The fourth-order valence-corrected chi connectivity index (χ4v) is 4.15. The molecule has 0 radical (unpaired) electrons. The molecule has 0 amide bonds. The second kappa shape index (κ2) is 5.59. The fourth-order valence-electron chi connectivity index (χ4n) is 4.15. The number of phenolic OH excluding ortho intramolecular Hbond substituents is 1. The van der Waals surface area contributed by atoms with Gasteiger partial charge in [-0.1, -0.05) is 37.8 Å². The predicted molar refractivity (Wildman–Crippen MR) is 83.6 cm³/mol. The van der Waals surface area contributed by atoms with E-state index in [1.165, 1.54) is 51.4 Å². The molecule has 0 aliphatic heterocycles. The summed E-state index contributed by atoms with van der Waals surface area (Å²) in [6.07, 6.45) is 12.7. The van der Waals surface area contributed by atoms with Crippen LogP contribution in [0.15, 0.2) is 23.2 Å². The summed E-state index contributed by atoms with van der Waals surface area (Å²) >= 11 is 0. The van der Waals surface area contributed by atoms with E-state index >= 15 is 0 Å². The number of hydrogen-bond acceptors (Lipinski definition) is 2. The second-order valence-electron chi connectivity index (χ2n) is 6.62. The smallest absolute Gasteiger partial charge is 0.127 e. The highest BCUT2D eigenvalue weighted by Crippen LogP contribution is 2.50. The SMILES string of the molecule is Cc1cccc(C=NC2CCCC23CCCCC3)c1O. The van der Waals surface area contributed by atoms with Crippen molar-refractivity contribution in [1.29, 1.82) is 0 Å². The molecule has 0 saturated heterocycles. The van der Waals surface area contributed by atoms with Gasteiger partial charge in [-0.15, -0.1) is 0 Å². The molecule has 1 spiro atoms. The van der Waals surface area contributed by atoms with E-state index in [1.807, 2.05) is 31.3 Å². The van der Waals surface area contributed by atoms with E-state index in [1.54, 1.807) is 0 Å². The number of hydrogen-bond donors (Lipinski definition) is 1. The number of benzene rings is 1. The van der Waals surface area contributed by atoms with Crippen LogP contribution in [-0.4, -0.2) is 17.4 Å². The maximum Gasteiger partial charge on any atom is 0.127 e. The summed E-state index contributed by atoms with van der Waals surface area (Å²) in [6.45, 7) is 1.94. The fraction of sp³-hybridized carbons (Fsp3) is 0.611. The molecule has 2 saturated carbocycles. The van der Waals surface area contributed by atoms with Crippen LogP contribution in [0.3, 0.4) is 0 Å². The van der Waals surface area contributed by atoms with Crippen molar-refractivity contribution >= 4 is 6.21 Å². The lowest BCUT2D eigenvalue weighted by Gasteiger charge is -2.37. The Kier molecular flexibility index (Phi) is 3.82. The zero-order valence-electron chi connectivity index (χ0n) is 12.4. The van der Waals surface area contributed by atoms with Gasteiger partial charge in [0, 0.05) is 11.8 Å². The summed E-state index contributed by atoms with van der Waals surface area (Å²) in [5.41, 5.74) is 2.27. The van der Waals surface area contributed by atoms with Crippen molar-refractivity contribution in [2.75, 3.05) is 0 Å². The molecule has 2 aliphatic carbocycles. The number of para-hydroxylation sites is 1. The molecule has 1 aromatic rings. The second-order valence-corrected chi connectivity index (χ2v) is 6.62. The van der Waals surface area contributed by atoms with Gasteiger partial charge < -0.3 is 5.11 Å². The maximum atomic E-state index is 10.1. The first-order chi connectivity index (χ1) is 9.71. The molecule has 2 heteroatoms. The zero-order valence-corrected chi connectivity index (χ0v) is 12.4. The molecule has 2 aliphatic rings. The van der Waals surface area contributed by atoms with Gasteiger partial charge in [-0.05, 0) is 49.7 Å². The molecular formula is C18H25NO. The molecule has 1 atom stereocenters. The van der Waals surface area contributed by atoms with Crippen molar-refractivity contribution in [2.24, 2.45) is 10.4 Å². The van der Waals surface area contributed by atoms with E-state index in [0.717, 1.165) is 11.1 Å². The van der Waals surface area contributed by atoms with Gasteiger partial charge in [-0.3, -0.25) is 4.99 Å². The Morgan fingerprint density at radius 2 is 1.90 bits per heavy atom. The van der Waals surface area contributed by atoms with Gasteiger partial charge in [0.15, 0.2) is 0 Å². The average molecular weight is 271 g/mol. The molecule has 1 aromatic carbocycles. The Bertz CT molecular complexity index is 500.